The van der Waals surface area contributed by atoms with Crippen LogP contribution in [-0.4, -0.2) is 18.5 Å². The molecule has 0 saturated carbocycles. The lowest BCUT2D eigenvalue weighted by atomic mass is 10.0. The van der Waals surface area contributed by atoms with Gasteiger partial charge in [-0.3, -0.25) is 4.79 Å². The Labute approximate surface area is 204 Å². The molecule has 0 bridgehead atoms. The summed E-state index contributed by atoms with van der Waals surface area (Å²) in [5, 5.41) is 2.71. The van der Waals surface area contributed by atoms with Crippen molar-refractivity contribution in [2.75, 3.05) is 11.8 Å². The second-order valence-corrected chi connectivity index (χ2v) is 9.30. The van der Waals surface area contributed by atoms with Crippen LogP contribution in [0.3, 0.4) is 0 Å². The van der Waals surface area contributed by atoms with E-state index in [-0.39, 0.29) is 4.90 Å². The first-order chi connectivity index (χ1) is 16.5. The van der Waals surface area contributed by atoms with Crippen LogP contribution < -0.4 is 14.8 Å². The number of aromatic nitrogens is 1. The number of nitrogens with one attached hydrogen (secondary N) is 2. The van der Waals surface area contributed by atoms with Gasteiger partial charge in [0.15, 0.2) is 0 Å². The summed E-state index contributed by atoms with van der Waals surface area (Å²) < 4.78 is 35.6. The molecule has 0 spiro atoms. The summed E-state index contributed by atoms with van der Waals surface area (Å²) >= 11 is 2.63. The number of methoxy groups -OCH3 is 1. The maximum atomic E-state index is 14.0. The molecule has 4 rings (SSSR count). The number of thiophene rings is 1. The number of benzene rings is 2. The Balaban J connectivity index is 1.58. The summed E-state index contributed by atoms with van der Waals surface area (Å²) in [4.78, 5) is 17.4. The van der Waals surface area contributed by atoms with Gasteiger partial charge in [-0.1, -0.05) is 12.1 Å². The summed E-state index contributed by atoms with van der Waals surface area (Å²) in [5.74, 6) is -0.914. The fraction of sp³-hybridized carbons (Fsp3) is 0.120. The number of nitrogens with zero attached hydrogens (tertiary/aromatic N) is 1. The second-order valence-electron chi connectivity index (χ2n) is 7.36. The zero-order valence-corrected chi connectivity index (χ0v) is 20.0. The van der Waals surface area contributed by atoms with Crippen LogP contribution in [0.15, 0.2) is 65.7 Å². The van der Waals surface area contributed by atoms with Gasteiger partial charge in [-0.2, -0.15) is 0 Å². The fourth-order valence-electron chi connectivity index (χ4n) is 3.31. The molecule has 0 unspecified atom stereocenters. The highest BCUT2D eigenvalue weighted by molar-refractivity contribution is 8.00. The first-order valence-electron chi connectivity index (χ1n) is 10.3. The van der Waals surface area contributed by atoms with Gasteiger partial charge in [-0.05, 0) is 72.0 Å². The Morgan fingerprint density at radius 2 is 1.85 bits per heavy atom. The van der Waals surface area contributed by atoms with Crippen molar-refractivity contribution in [2.45, 2.75) is 18.4 Å². The third-order valence-corrected chi connectivity index (χ3v) is 7.17. The first-order valence-corrected chi connectivity index (χ1v) is 11.9. The van der Waals surface area contributed by atoms with Crippen molar-refractivity contribution >= 4 is 35.4 Å². The van der Waals surface area contributed by atoms with Crippen molar-refractivity contribution in [3.05, 3.63) is 83.6 Å². The van der Waals surface area contributed by atoms with Crippen LogP contribution in [-0.2, 0) is 11.3 Å². The molecule has 0 fully saturated rings. The molecule has 1 amide bonds. The van der Waals surface area contributed by atoms with Crippen LogP contribution in [0.1, 0.15) is 11.1 Å². The molecule has 2 heterocycles. The fourth-order valence-corrected chi connectivity index (χ4v) is 4.95. The number of pyridine rings is 1. The zero-order chi connectivity index (χ0) is 24.1. The van der Waals surface area contributed by atoms with E-state index < -0.39 is 11.6 Å². The van der Waals surface area contributed by atoms with Crippen LogP contribution in [0.2, 0.25) is 0 Å². The Morgan fingerprint density at radius 1 is 1.06 bits per heavy atom. The minimum atomic E-state index is -0.649. The number of aryl methyl sites for hydroxylation is 1. The maximum Gasteiger partial charge on any atom is 0.237 e. The molecule has 2 aromatic heterocycles. The van der Waals surface area contributed by atoms with Crippen LogP contribution >= 0.6 is 23.3 Å². The van der Waals surface area contributed by atoms with Gasteiger partial charge >= 0.3 is 0 Å². The Morgan fingerprint density at radius 3 is 2.59 bits per heavy atom. The molecule has 0 aliphatic heterocycles. The molecule has 174 valence electrons. The zero-order valence-electron chi connectivity index (χ0n) is 18.4. The van der Waals surface area contributed by atoms with Gasteiger partial charge in [-0.15, -0.1) is 11.3 Å². The van der Waals surface area contributed by atoms with Crippen molar-refractivity contribution in [1.29, 1.82) is 0 Å². The number of hydrogen-bond donors (Lipinski definition) is 2. The predicted molar refractivity (Wildman–Crippen MR) is 133 cm³/mol. The quantitative estimate of drug-likeness (QED) is 0.206. The van der Waals surface area contributed by atoms with Gasteiger partial charge in [-0.25, -0.2) is 13.8 Å². The standard InChI is InChI=1S/C25H21F2N3O2S2/c1-15-3-4-16(9-17(15)12-28-14-31)22-7-8-23(33-22)18-10-21(25(32-2)29-13-18)30-34-24-6-5-19(26)11-20(24)27/h3-11,13-14,30H,12H2,1-2H3,(H,28,31). The highest BCUT2D eigenvalue weighted by Crippen LogP contribution is 2.38. The number of halogens is 2. The molecule has 0 aliphatic rings. The predicted octanol–water partition coefficient (Wildman–Crippen LogP) is 6.44. The van der Waals surface area contributed by atoms with E-state index in [1.807, 2.05) is 31.2 Å². The number of carbonyl (C=O) groups is 1. The molecule has 2 aromatic carbocycles. The minimum Gasteiger partial charge on any atom is -0.480 e. The topological polar surface area (TPSA) is 63.2 Å². The summed E-state index contributed by atoms with van der Waals surface area (Å²) in [6.45, 7) is 2.49. The van der Waals surface area contributed by atoms with E-state index in [0.717, 1.165) is 50.0 Å². The van der Waals surface area contributed by atoms with Gasteiger partial charge in [0.1, 0.15) is 17.3 Å². The monoisotopic (exact) mass is 497 g/mol. The lowest BCUT2D eigenvalue weighted by Crippen LogP contribution is -2.10. The van der Waals surface area contributed by atoms with E-state index in [4.69, 9.17) is 4.74 Å². The molecule has 9 heteroatoms. The second kappa shape index (κ2) is 10.7. The molecule has 5 nitrogen and oxygen atoms in total. The highest BCUT2D eigenvalue weighted by atomic mass is 32.2. The lowest BCUT2D eigenvalue weighted by Gasteiger charge is -2.11. The van der Waals surface area contributed by atoms with Gasteiger partial charge in [0.25, 0.3) is 0 Å². The molecular weight excluding hydrogens is 476 g/mol. The van der Waals surface area contributed by atoms with E-state index in [1.54, 1.807) is 17.5 Å². The SMILES string of the molecule is COc1ncc(-c2ccc(-c3ccc(C)c(CNC=O)c3)s2)cc1NSc1ccc(F)cc1F. The van der Waals surface area contributed by atoms with Crippen molar-refractivity contribution in [3.8, 4) is 26.8 Å². The number of anilines is 1. The van der Waals surface area contributed by atoms with E-state index in [1.165, 1.54) is 19.2 Å². The molecular formula is C25H21F2N3O2S2. The Bertz CT molecular complexity index is 1330. The number of carbonyl (C=O) groups excluding carboxylic acids is 1. The van der Waals surface area contributed by atoms with Gasteiger partial charge in [0, 0.05) is 34.1 Å². The number of ether oxygens (including phenoxy) is 1. The third-order valence-electron chi connectivity index (χ3n) is 5.11. The number of amides is 1. The first kappa shape index (κ1) is 23.7. The summed E-state index contributed by atoms with van der Waals surface area (Å²) in [6, 6.07) is 15.5. The Kier molecular flexibility index (Phi) is 7.44. The van der Waals surface area contributed by atoms with E-state index in [9.17, 15) is 13.6 Å². The molecule has 0 atom stereocenters. The number of hydrogen-bond acceptors (Lipinski definition) is 6. The minimum absolute atomic E-state index is 0.256. The number of rotatable bonds is 9. The van der Waals surface area contributed by atoms with Crippen LogP contribution in [0.4, 0.5) is 14.5 Å². The summed E-state index contributed by atoms with van der Waals surface area (Å²) in [6.07, 6.45) is 2.41. The summed E-state index contributed by atoms with van der Waals surface area (Å²) in [5.41, 5.74) is 4.67. The van der Waals surface area contributed by atoms with Gasteiger partial charge < -0.3 is 14.8 Å². The Hall–Kier alpha value is -3.43. The van der Waals surface area contributed by atoms with E-state index >= 15 is 0 Å². The van der Waals surface area contributed by atoms with Crippen molar-refractivity contribution in [2.24, 2.45) is 0 Å². The lowest BCUT2D eigenvalue weighted by molar-refractivity contribution is -0.109. The normalized spacial score (nSPS) is 10.7. The summed E-state index contributed by atoms with van der Waals surface area (Å²) in [7, 11) is 1.51. The molecule has 2 N–H and O–H groups in total. The third kappa shape index (κ3) is 5.37. The maximum absolute atomic E-state index is 14.0. The van der Waals surface area contributed by atoms with Crippen molar-refractivity contribution < 1.29 is 18.3 Å². The van der Waals surface area contributed by atoms with Crippen LogP contribution in [0.25, 0.3) is 20.9 Å². The van der Waals surface area contributed by atoms with Gasteiger partial charge in [0.2, 0.25) is 12.3 Å². The van der Waals surface area contributed by atoms with E-state index in [2.05, 4.69) is 27.2 Å². The molecule has 0 saturated heterocycles. The smallest absolute Gasteiger partial charge is 0.237 e. The van der Waals surface area contributed by atoms with Crippen molar-refractivity contribution in [1.82, 2.24) is 10.3 Å². The van der Waals surface area contributed by atoms with Gasteiger partial charge in [0.05, 0.1) is 12.0 Å². The van der Waals surface area contributed by atoms with Crippen molar-refractivity contribution in [3.63, 3.8) is 0 Å². The molecule has 4 aromatic rings. The molecule has 0 radical (unpaired) electrons. The van der Waals surface area contributed by atoms with Crippen LogP contribution in [0, 0.1) is 18.6 Å². The average Bonchev–Trinajstić information content (AvgIpc) is 3.33. The molecule has 34 heavy (non-hydrogen) atoms. The van der Waals surface area contributed by atoms with Crippen LogP contribution in [0.5, 0.6) is 5.88 Å². The highest BCUT2D eigenvalue weighted by Gasteiger charge is 2.13. The van der Waals surface area contributed by atoms with E-state index in [0.29, 0.717) is 24.5 Å². The average molecular weight is 498 g/mol. The largest absolute Gasteiger partial charge is 0.480 e. The molecule has 0 aliphatic carbocycles.